The maximum atomic E-state index is 11.6. The second-order valence-electron chi connectivity index (χ2n) is 4.25. The van der Waals surface area contributed by atoms with Crippen LogP contribution in [-0.4, -0.2) is 23.7 Å². The van der Waals surface area contributed by atoms with Gasteiger partial charge in [0.1, 0.15) is 5.88 Å². The van der Waals surface area contributed by atoms with Gasteiger partial charge in [-0.05, 0) is 30.4 Å². The molecule has 0 heterocycles. The van der Waals surface area contributed by atoms with Crippen LogP contribution < -0.4 is 0 Å². The van der Waals surface area contributed by atoms with E-state index < -0.39 is 0 Å². The van der Waals surface area contributed by atoms with Crippen molar-refractivity contribution in [3.8, 4) is 0 Å². The quantitative estimate of drug-likeness (QED) is 0.725. The van der Waals surface area contributed by atoms with E-state index in [0.29, 0.717) is 0 Å². The number of hydrogen-bond donors (Lipinski definition) is 0. The topological polar surface area (TPSA) is 20.3 Å². The molecular weight excluding hydrogens is 222 g/mol. The molecule has 1 atom stereocenters. The summed E-state index contributed by atoms with van der Waals surface area (Å²) in [5, 5.41) is 0. The highest BCUT2D eigenvalue weighted by Crippen LogP contribution is 2.33. The Kier molecular flexibility index (Phi) is 3.49. The molecule has 86 valence electrons. The predicted molar refractivity (Wildman–Crippen MR) is 65.6 cm³/mol. The van der Waals surface area contributed by atoms with E-state index in [1.165, 1.54) is 11.1 Å². The molecule has 0 aliphatic heterocycles. The fourth-order valence-corrected chi connectivity index (χ4v) is 2.59. The largest absolute Gasteiger partial charge is 0.338 e. The maximum absolute atomic E-state index is 11.6. The van der Waals surface area contributed by atoms with Crippen molar-refractivity contribution < 1.29 is 4.79 Å². The number of alkyl halides is 1. The molecule has 3 heteroatoms. The summed E-state index contributed by atoms with van der Waals surface area (Å²) < 4.78 is 0. The average molecular weight is 238 g/mol. The summed E-state index contributed by atoms with van der Waals surface area (Å²) >= 11 is 5.60. The molecule has 0 aromatic heterocycles. The fraction of sp³-hybridized carbons (Fsp3) is 0.462. The van der Waals surface area contributed by atoms with Crippen molar-refractivity contribution in [2.75, 3.05) is 12.9 Å². The van der Waals surface area contributed by atoms with Gasteiger partial charge in [-0.15, -0.1) is 11.6 Å². The van der Waals surface area contributed by atoms with Gasteiger partial charge in [-0.3, -0.25) is 4.79 Å². The van der Waals surface area contributed by atoms with Gasteiger partial charge in [0.15, 0.2) is 0 Å². The van der Waals surface area contributed by atoms with Crippen LogP contribution in [-0.2, 0) is 11.2 Å². The lowest BCUT2D eigenvalue weighted by Crippen LogP contribution is -2.34. The van der Waals surface area contributed by atoms with Crippen LogP contribution in [0.2, 0.25) is 0 Å². The third-order valence-corrected chi connectivity index (χ3v) is 3.54. The van der Waals surface area contributed by atoms with Crippen LogP contribution in [0.15, 0.2) is 24.3 Å². The van der Waals surface area contributed by atoms with Crippen LogP contribution in [0.5, 0.6) is 0 Å². The number of carbonyl (C=O) groups is 1. The van der Waals surface area contributed by atoms with E-state index in [2.05, 4.69) is 18.2 Å². The van der Waals surface area contributed by atoms with Crippen molar-refractivity contribution in [2.45, 2.75) is 25.3 Å². The zero-order valence-corrected chi connectivity index (χ0v) is 10.2. The highest BCUT2D eigenvalue weighted by molar-refractivity contribution is 6.27. The third-order valence-electron chi connectivity index (χ3n) is 3.31. The summed E-state index contributed by atoms with van der Waals surface area (Å²) in [6, 6.07) is 8.58. The van der Waals surface area contributed by atoms with Gasteiger partial charge in [-0.1, -0.05) is 24.3 Å². The minimum atomic E-state index is 0.00312. The van der Waals surface area contributed by atoms with Crippen LogP contribution in [0.4, 0.5) is 0 Å². The first-order chi connectivity index (χ1) is 7.74. The Labute approximate surface area is 101 Å². The first-order valence-corrected chi connectivity index (χ1v) is 6.17. The highest BCUT2D eigenvalue weighted by Gasteiger charge is 2.25. The smallest absolute Gasteiger partial charge is 0.237 e. The summed E-state index contributed by atoms with van der Waals surface area (Å²) in [7, 11) is 1.84. The first kappa shape index (κ1) is 11.5. The van der Waals surface area contributed by atoms with E-state index in [9.17, 15) is 4.79 Å². The highest BCUT2D eigenvalue weighted by atomic mass is 35.5. The Morgan fingerprint density at radius 1 is 1.50 bits per heavy atom. The SMILES string of the molecule is CN(C(=O)CCl)[C@@H]1CCCc2ccccc21. The molecule has 2 nitrogen and oxygen atoms in total. The summed E-state index contributed by atoms with van der Waals surface area (Å²) in [6.45, 7) is 0. The predicted octanol–water partition coefficient (Wildman–Crippen LogP) is 2.76. The van der Waals surface area contributed by atoms with Crippen LogP contribution in [0, 0.1) is 0 Å². The summed E-state index contributed by atoms with van der Waals surface area (Å²) in [5.74, 6) is 0.0678. The number of nitrogens with zero attached hydrogens (tertiary/aromatic N) is 1. The molecule has 0 bridgehead atoms. The lowest BCUT2D eigenvalue weighted by molar-refractivity contribution is -0.129. The number of halogens is 1. The Morgan fingerprint density at radius 2 is 2.25 bits per heavy atom. The van der Waals surface area contributed by atoms with Crippen molar-refractivity contribution in [2.24, 2.45) is 0 Å². The molecule has 0 saturated carbocycles. The number of hydrogen-bond acceptors (Lipinski definition) is 1. The Morgan fingerprint density at radius 3 is 3.00 bits per heavy atom. The molecule has 2 rings (SSSR count). The lowest BCUT2D eigenvalue weighted by atomic mass is 9.87. The minimum absolute atomic E-state index is 0.00312. The average Bonchev–Trinajstić information content (AvgIpc) is 2.36. The van der Waals surface area contributed by atoms with Crippen LogP contribution in [0.3, 0.4) is 0 Å². The molecule has 1 amide bonds. The molecular formula is C13H16ClNO. The van der Waals surface area contributed by atoms with Crippen molar-refractivity contribution in [1.82, 2.24) is 4.90 Å². The van der Waals surface area contributed by atoms with E-state index in [-0.39, 0.29) is 17.8 Å². The summed E-state index contributed by atoms with van der Waals surface area (Å²) in [5.41, 5.74) is 2.66. The zero-order valence-electron chi connectivity index (χ0n) is 9.45. The molecule has 0 radical (unpaired) electrons. The van der Waals surface area contributed by atoms with Gasteiger partial charge in [0.25, 0.3) is 0 Å². The standard InChI is InChI=1S/C13H16ClNO/c1-15(13(16)9-14)12-8-4-6-10-5-2-3-7-11(10)12/h2-3,5,7,12H,4,6,8-9H2,1H3/t12-/m1/s1. The third kappa shape index (κ3) is 2.07. The second-order valence-corrected chi connectivity index (χ2v) is 4.51. The van der Waals surface area contributed by atoms with Crippen molar-refractivity contribution in [3.63, 3.8) is 0 Å². The van der Waals surface area contributed by atoms with Crippen LogP contribution >= 0.6 is 11.6 Å². The van der Waals surface area contributed by atoms with E-state index in [4.69, 9.17) is 11.6 Å². The number of fused-ring (bicyclic) bond motifs is 1. The van der Waals surface area contributed by atoms with Crippen molar-refractivity contribution >= 4 is 17.5 Å². The van der Waals surface area contributed by atoms with Gasteiger partial charge in [-0.2, -0.15) is 0 Å². The molecule has 0 unspecified atom stereocenters. The number of amides is 1. The van der Waals surface area contributed by atoms with Gasteiger partial charge in [0, 0.05) is 7.05 Å². The van der Waals surface area contributed by atoms with Crippen molar-refractivity contribution in [1.29, 1.82) is 0 Å². The van der Waals surface area contributed by atoms with Crippen LogP contribution in [0.1, 0.15) is 30.0 Å². The summed E-state index contributed by atoms with van der Waals surface area (Å²) in [6.07, 6.45) is 3.30. The van der Waals surface area contributed by atoms with Gasteiger partial charge in [0.05, 0.1) is 6.04 Å². The monoisotopic (exact) mass is 237 g/mol. The van der Waals surface area contributed by atoms with E-state index in [1.807, 2.05) is 13.1 Å². The number of rotatable bonds is 2. The van der Waals surface area contributed by atoms with Gasteiger partial charge in [0.2, 0.25) is 5.91 Å². The maximum Gasteiger partial charge on any atom is 0.237 e. The Hall–Kier alpha value is -1.02. The van der Waals surface area contributed by atoms with E-state index in [1.54, 1.807) is 4.90 Å². The molecule has 16 heavy (non-hydrogen) atoms. The van der Waals surface area contributed by atoms with E-state index >= 15 is 0 Å². The minimum Gasteiger partial charge on any atom is -0.338 e. The molecule has 1 aromatic carbocycles. The van der Waals surface area contributed by atoms with Crippen molar-refractivity contribution in [3.05, 3.63) is 35.4 Å². The molecule has 1 aromatic rings. The molecule has 1 aliphatic rings. The molecule has 1 aliphatic carbocycles. The Bertz CT molecular complexity index is 391. The lowest BCUT2D eigenvalue weighted by Gasteiger charge is -2.33. The number of aryl methyl sites for hydroxylation is 1. The summed E-state index contributed by atoms with van der Waals surface area (Å²) in [4.78, 5) is 13.4. The molecule has 0 spiro atoms. The number of carbonyl (C=O) groups excluding carboxylic acids is 1. The van der Waals surface area contributed by atoms with E-state index in [0.717, 1.165) is 19.3 Å². The van der Waals surface area contributed by atoms with Gasteiger partial charge < -0.3 is 4.90 Å². The number of benzene rings is 1. The Balaban J connectivity index is 2.28. The molecule has 0 fully saturated rings. The normalized spacial score (nSPS) is 19.0. The fourth-order valence-electron chi connectivity index (χ4n) is 2.40. The van der Waals surface area contributed by atoms with Gasteiger partial charge >= 0.3 is 0 Å². The molecule has 0 saturated heterocycles. The second kappa shape index (κ2) is 4.88. The first-order valence-electron chi connectivity index (χ1n) is 5.63. The van der Waals surface area contributed by atoms with Crippen LogP contribution in [0.25, 0.3) is 0 Å². The zero-order chi connectivity index (χ0) is 11.5. The van der Waals surface area contributed by atoms with Gasteiger partial charge in [-0.25, -0.2) is 0 Å². The molecule has 0 N–H and O–H groups in total.